The Bertz CT molecular complexity index is 382. The molecule has 112 valence electrons. The Labute approximate surface area is 122 Å². The van der Waals surface area contributed by atoms with Crippen molar-refractivity contribution in [2.24, 2.45) is 0 Å². The predicted octanol–water partition coefficient (Wildman–Crippen LogP) is 3.74. The van der Waals surface area contributed by atoms with E-state index in [1.165, 1.54) is 44.5 Å². The topological polar surface area (TPSA) is 15.3 Å². The molecular weight excluding hydrogens is 251 g/mol. The van der Waals surface area contributed by atoms with Crippen LogP contribution in [0, 0.1) is 5.82 Å². The van der Waals surface area contributed by atoms with Gasteiger partial charge in [-0.15, -0.1) is 0 Å². The van der Waals surface area contributed by atoms with E-state index in [1.807, 2.05) is 12.1 Å². The molecule has 1 N–H and O–H groups in total. The molecule has 1 unspecified atom stereocenters. The highest BCUT2D eigenvalue weighted by Crippen LogP contribution is 2.20. The lowest BCUT2D eigenvalue weighted by Gasteiger charge is -2.34. The van der Waals surface area contributed by atoms with Crippen molar-refractivity contribution in [3.05, 3.63) is 35.6 Å². The maximum atomic E-state index is 13.0. The Morgan fingerprint density at radius 3 is 2.40 bits per heavy atom. The number of likely N-dealkylation sites (tertiary alicyclic amines) is 1. The molecule has 1 heterocycles. The molecule has 0 aromatic heterocycles. The van der Waals surface area contributed by atoms with Gasteiger partial charge in [-0.3, -0.25) is 0 Å². The van der Waals surface area contributed by atoms with E-state index in [9.17, 15) is 4.39 Å². The van der Waals surface area contributed by atoms with E-state index in [4.69, 9.17) is 0 Å². The first-order valence-corrected chi connectivity index (χ1v) is 7.96. The molecule has 2 rings (SSSR count). The third kappa shape index (κ3) is 4.29. The number of nitrogens with one attached hydrogen (secondary N) is 1. The van der Waals surface area contributed by atoms with Crippen molar-refractivity contribution < 1.29 is 4.39 Å². The second kappa shape index (κ2) is 7.75. The first-order valence-electron chi connectivity index (χ1n) is 7.96. The lowest BCUT2D eigenvalue weighted by Crippen LogP contribution is -2.43. The van der Waals surface area contributed by atoms with Crippen LogP contribution in [0.25, 0.3) is 0 Å². The summed E-state index contributed by atoms with van der Waals surface area (Å²) in [6.45, 7) is 8.05. The summed E-state index contributed by atoms with van der Waals surface area (Å²) in [5, 5.41) is 3.75. The highest BCUT2D eigenvalue weighted by molar-refractivity contribution is 5.20. The molecule has 0 radical (unpaired) electrons. The maximum Gasteiger partial charge on any atom is 0.123 e. The van der Waals surface area contributed by atoms with Gasteiger partial charge in [0.15, 0.2) is 0 Å². The molecule has 0 amide bonds. The molecule has 2 nitrogen and oxygen atoms in total. The summed E-state index contributed by atoms with van der Waals surface area (Å²) in [5.74, 6) is -0.156. The van der Waals surface area contributed by atoms with Crippen molar-refractivity contribution in [3.63, 3.8) is 0 Å². The minimum absolute atomic E-state index is 0.156. The molecule has 20 heavy (non-hydrogen) atoms. The molecule has 0 bridgehead atoms. The van der Waals surface area contributed by atoms with Gasteiger partial charge in [0.25, 0.3) is 0 Å². The Kier molecular flexibility index (Phi) is 5.99. The Morgan fingerprint density at radius 2 is 1.85 bits per heavy atom. The molecule has 1 aromatic carbocycles. The van der Waals surface area contributed by atoms with Crippen LogP contribution in [0.15, 0.2) is 24.3 Å². The molecule has 0 saturated carbocycles. The fraction of sp³-hybridized carbons (Fsp3) is 0.647. The highest BCUT2D eigenvalue weighted by Gasteiger charge is 2.21. The first kappa shape index (κ1) is 15.5. The molecule has 1 aliphatic heterocycles. The zero-order valence-corrected chi connectivity index (χ0v) is 12.7. The van der Waals surface area contributed by atoms with Crippen molar-refractivity contribution in [3.8, 4) is 0 Å². The van der Waals surface area contributed by atoms with Crippen LogP contribution < -0.4 is 5.32 Å². The summed E-state index contributed by atoms with van der Waals surface area (Å²) < 4.78 is 13.0. The fourth-order valence-corrected chi connectivity index (χ4v) is 3.07. The number of benzene rings is 1. The summed E-state index contributed by atoms with van der Waals surface area (Å²) >= 11 is 0. The number of hydrogen-bond acceptors (Lipinski definition) is 2. The zero-order valence-electron chi connectivity index (χ0n) is 12.7. The van der Waals surface area contributed by atoms with E-state index >= 15 is 0 Å². The largest absolute Gasteiger partial charge is 0.307 e. The van der Waals surface area contributed by atoms with Crippen LogP contribution in [0.2, 0.25) is 0 Å². The van der Waals surface area contributed by atoms with Crippen LogP contribution in [0.5, 0.6) is 0 Å². The molecule has 1 saturated heterocycles. The minimum atomic E-state index is -0.156. The van der Waals surface area contributed by atoms with E-state index in [2.05, 4.69) is 24.1 Å². The van der Waals surface area contributed by atoms with Crippen LogP contribution in [0.3, 0.4) is 0 Å². The number of halogens is 1. The van der Waals surface area contributed by atoms with Gasteiger partial charge in [-0.1, -0.05) is 26.0 Å². The van der Waals surface area contributed by atoms with Crippen LogP contribution in [0.4, 0.5) is 4.39 Å². The minimum Gasteiger partial charge on any atom is -0.307 e. The zero-order chi connectivity index (χ0) is 14.4. The van der Waals surface area contributed by atoms with Gasteiger partial charge in [-0.2, -0.15) is 0 Å². The van der Waals surface area contributed by atoms with E-state index in [0.29, 0.717) is 12.1 Å². The van der Waals surface area contributed by atoms with Gasteiger partial charge in [-0.25, -0.2) is 4.39 Å². The normalized spacial score (nSPS) is 19.1. The second-order valence-electron chi connectivity index (χ2n) is 5.79. The third-order valence-electron chi connectivity index (χ3n) is 4.24. The summed E-state index contributed by atoms with van der Waals surface area (Å²) in [7, 11) is 0. The van der Waals surface area contributed by atoms with E-state index < -0.39 is 0 Å². The monoisotopic (exact) mass is 278 g/mol. The van der Waals surface area contributed by atoms with Gasteiger partial charge in [0.2, 0.25) is 0 Å². The van der Waals surface area contributed by atoms with Gasteiger partial charge >= 0.3 is 0 Å². The smallest absolute Gasteiger partial charge is 0.123 e. The van der Waals surface area contributed by atoms with E-state index in [0.717, 1.165) is 6.42 Å². The number of piperidine rings is 1. The molecular formula is C17H27FN2. The van der Waals surface area contributed by atoms with Crippen LogP contribution in [-0.2, 0) is 0 Å². The summed E-state index contributed by atoms with van der Waals surface area (Å²) in [6.07, 6.45) is 4.72. The molecule has 1 aromatic rings. The maximum absolute atomic E-state index is 13.0. The molecule has 1 aliphatic rings. The van der Waals surface area contributed by atoms with Crippen molar-refractivity contribution in [2.75, 3.05) is 19.6 Å². The van der Waals surface area contributed by atoms with Gasteiger partial charge in [0.05, 0.1) is 0 Å². The van der Waals surface area contributed by atoms with Crippen molar-refractivity contribution in [1.82, 2.24) is 10.2 Å². The van der Waals surface area contributed by atoms with Gasteiger partial charge in [0, 0.05) is 12.1 Å². The highest BCUT2D eigenvalue weighted by atomic mass is 19.1. The van der Waals surface area contributed by atoms with Crippen LogP contribution in [0.1, 0.15) is 51.1 Å². The lowest BCUT2D eigenvalue weighted by atomic mass is 9.99. The van der Waals surface area contributed by atoms with Crippen molar-refractivity contribution in [2.45, 2.75) is 51.6 Å². The Balaban J connectivity index is 1.86. The van der Waals surface area contributed by atoms with E-state index in [1.54, 1.807) is 12.1 Å². The lowest BCUT2D eigenvalue weighted by molar-refractivity contribution is 0.190. The van der Waals surface area contributed by atoms with E-state index in [-0.39, 0.29) is 5.82 Å². The van der Waals surface area contributed by atoms with Gasteiger partial charge in [0.1, 0.15) is 5.82 Å². The first-order chi connectivity index (χ1) is 9.72. The predicted molar refractivity (Wildman–Crippen MR) is 82.3 cm³/mol. The van der Waals surface area contributed by atoms with Crippen LogP contribution in [-0.4, -0.2) is 30.6 Å². The summed E-state index contributed by atoms with van der Waals surface area (Å²) in [6, 6.07) is 7.87. The average molecular weight is 278 g/mol. The Morgan fingerprint density at radius 1 is 1.20 bits per heavy atom. The van der Waals surface area contributed by atoms with Gasteiger partial charge in [-0.05, 0) is 63.0 Å². The molecule has 1 fully saturated rings. The van der Waals surface area contributed by atoms with Crippen LogP contribution >= 0.6 is 0 Å². The molecule has 3 heteroatoms. The molecule has 0 aliphatic carbocycles. The SMILES string of the molecule is CCCN1CCC(NC(CC)c2ccc(F)cc2)CC1. The fourth-order valence-electron chi connectivity index (χ4n) is 3.07. The standard InChI is InChI=1S/C17H27FN2/c1-3-11-20-12-9-16(10-13-20)19-17(4-2)14-5-7-15(18)8-6-14/h5-8,16-17,19H,3-4,9-13H2,1-2H3. The van der Waals surface area contributed by atoms with Gasteiger partial charge < -0.3 is 10.2 Å². The average Bonchev–Trinajstić information content (AvgIpc) is 2.48. The number of nitrogens with zero attached hydrogens (tertiary/aromatic N) is 1. The summed E-state index contributed by atoms with van der Waals surface area (Å²) in [5.41, 5.74) is 1.20. The number of rotatable bonds is 6. The molecule has 0 spiro atoms. The Hall–Kier alpha value is -0.930. The number of hydrogen-bond donors (Lipinski definition) is 1. The third-order valence-corrected chi connectivity index (χ3v) is 4.24. The summed E-state index contributed by atoms with van der Waals surface area (Å²) in [4.78, 5) is 2.55. The molecule has 1 atom stereocenters. The van der Waals surface area contributed by atoms with Crippen molar-refractivity contribution in [1.29, 1.82) is 0 Å². The second-order valence-corrected chi connectivity index (χ2v) is 5.79. The quantitative estimate of drug-likeness (QED) is 0.852. The van der Waals surface area contributed by atoms with Crippen molar-refractivity contribution >= 4 is 0 Å².